The zero-order valence-electron chi connectivity index (χ0n) is 19.4. The number of carbonyl (C=O) groups is 2. The molecule has 180 valence electrons. The number of nitrogens with zero attached hydrogens (tertiary/aromatic N) is 3. The predicted molar refractivity (Wildman–Crippen MR) is 141 cm³/mol. The molecule has 5 rings (SSSR count). The number of phenols is 1. The first-order chi connectivity index (χ1) is 17.3. The van der Waals surface area contributed by atoms with Gasteiger partial charge in [-0.1, -0.05) is 38.1 Å². The van der Waals surface area contributed by atoms with Gasteiger partial charge >= 0.3 is 0 Å². The van der Waals surface area contributed by atoms with Gasteiger partial charge in [0.05, 0.1) is 16.3 Å². The Bertz CT molecular complexity index is 1480. The first-order valence-electron chi connectivity index (χ1n) is 11.2. The highest BCUT2D eigenvalue weighted by molar-refractivity contribution is 8.19. The van der Waals surface area contributed by atoms with Crippen LogP contribution in [0, 0.1) is 5.82 Å². The molecule has 0 atom stereocenters. The largest absolute Gasteiger partial charge is 0.508 e. The lowest BCUT2D eigenvalue weighted by Gasteiger charge is -2.17. The second kappa shape index (κ2) is 9.43. The number of halogens is 1. The summed E-state index contributed by atoms with van der Waals surface area (Å²) in [5, 5.41) is 20.9. The molecule has 7 nitrogen and oxygen atoms in total. The normalized spacial score (nSPS) is 18.6. The molecule has 0 saturated carbocycles. The van der Waals surface area contributed by atoms with Crippen LogP contribution in [0.5, 0.6) is 5.75 Å². The van der Waals surface area contributed by atoms with E-state index in [9.17, 15) is 19.1 Å². The van der Waals surface area contributed by atoms with E-state index in [0.717, 1.165) is 22.9 Å². The van der Waals surface area contributed by atoms with E-state index < -0.39 is 11.7 Å². The molecule has 2 heterocycles. The maximum Gasteiger partial charge on any atom is 0.276 e. The van der Waals surface area contributed by atoms with Crippen LogP contribution in [-0.4, -0.2) is 27.8 Å². The van der Waals surface area contributed by atoms with Crippen molar-refractivity contribution in [2.75, 3.05) is 10.2 Å². The standard InChI is InChI=1S/C27H21FN4O3S/c1-15(2)17-4-3-5-19(13-17)32-26(35)23(12-16-6-9-20(33)10-7-16)36-27(32)31-30-24-21-14-18(28)8-11-22(21)29-25(24)34/h3-15,33H,1-2H3,(H,29,30,34). The second-order valence-electron chi connectivity index (χ2n) is 8.57. The fourth-order valence-corrected chi connectivity index (χ4v) is 4.76. The topological polar surface area (TPSA) is 94.4 Å². The van der Waals surface area contributed by atoms with Crippen molar-refractivity contribution in [3.05, 3.63) is 94.1 Å². The summed E-state index contributed by atoms with van der Waals surface area (Å²) in [5.74, 6) is -0.921. The van der Waals surface area contributed by atoms with E-state index in [0.29, 0.717) is 21.8 Å². The highest BCUT2D eigenvalue weighted by atomic mass is 32.2. The Morgan fingerprint density at radius 3 is 2.56 bits per heavy atom. The summed E-state index contributed by atoms with van der Waals surface area (Å²) in [7, 11) is 0. The Kier molecular flexibility index (Phi) is 6.15. The Balaban J connectivity index is 1.59. The van der Waals surface area contributed by atoms with E-state index in [4.69, 9.17) is 0 Å². The van der Waals surface area contributed by atoms with Gasteiger partial charge in [0.15, 0.2) is 5.71 Å². The van der Waals surface area contributed by atoms with Crippen molar-refractivity contribution in [3.8, 4) is 5.75 Å². The van der Waals surface area contributed by atoms with E-state index in [1.807, 2.05) is 24.3 Å². The number of benzene rings is 3. The number of rotatable bonds is 4. The van der Waals surface area contributed by atoms with Crippen molar-refractivity contribution < 1.29 is 19.1 Å². The summed E-state index contributed by atoms with van der Waals surface area (Å²) in [4.78, 5) is 27.8. The van der Waals surface area contributed by atoms with Crippen LogP contribution in [0.15, 0.2) is 81.8 Å². The predicted octanol–water partition coefficient (Wildman–Crippen LogP) is 5.49. The van der Waals surface area contributed by atoms with E-state index in [-0.39, 0.29) is 28.5 Å². The van der Waals surface area contributed by atoms with Gasteiger partial charge in [0, 0.05) is 5.56 Å². The Morgan fingerprint density at radius 2 is 1.81 bits per heavy atom. The number of phenolic OH excluding ortho intramolecular Hbond substituents is 1. The number of thioether (sulfide) groups is 1. The molecule has 0 radical (unpaired) electrons. The number of amidine groups is 1. The van der Waals surface area contributed by atoms with Crippen LogP contribution in [0.25, 0.3) is 6.08 Å². The third-order valence-electron chi connectivity index (χ3n) is 5.73. The van der Waals surface area contributed by atoms with Crippen LogP contribution in [-0.2, 0) is 9.59 Å². The van der Waals surface area contributed by atoms with Crippen molar-refractivity contribution in [1.82, 2.24) is 0 Å². The minimum Gasteiger partial charge on any atom is -0.508 e. The molecule has 2 N–H and O–H groups in total. The molecule has 2 aliphatic heterocycles. The SMILES string of the molecule is CC(C)c1cccc(N2C(=O)C(=Cc3ccc(O)cc3)SC2=NN=C2C(=O)Nc3ccc(F)cc32)c1. The average Bonchev–Trinajstić information content (AvgIpc) is 3.34. The van der Waals surface area contributed by atoms with Crippen LogP contribution >= 0.6 is 11.8 Å². The second-order valence-corrected chi connectivity index (χ2v) is 9.58. The maximum atomic E-state index is 13.8. The molecule has 9 heteroatoms. The first-order valence-corrected chi connectivity index (χ1v) is 12.0. The van der Waals surface area contributed by atoms with Gasteiger partial charge in [-0.2, -0.15) is 0 Å². The molecule has 0 spiro atoms. The summed E-state index contributed by atoms with van der Waals surface area (Å²) >= 11 is 1.12. The number of nitrogens with one attached hydrogen (secondary N) is 1. The minimum atomic E-state index is -0.498. The van der Waals surface area contributed by atoms with Crippen LogP contribution in [0.4, 0.5) is 15.8 Å². The van der Waals surface area contributed by atoms with Crippen LogP contribution in [0.2, 0.25) is 0 Å². The molecule has 2 aliphatic rings. The quantitative estimate of drug-likeness (QED) is 0.366. The van der Waals surface area contributed by atoms with Crippen molar-refractivity contribution >= 4 is 51.9 Å². The van der Waals surface area contributed by atoms with Gasteiger partial charge in [-0.25, -0.2) is 4.39 Å². The summed E-state index contributed by atoms with van der Waals surface area (Å²) in [6, 6.07) is 18.0. The van der Waals surface area contributed by atoms with Crippen molar-refractivity contribution in [3.63, 3.8) is 0 Å². The smallest absolute Gasteiger partial charge is 0.276 e. The molecule has 0 unspecified atom stereocenters. The number of aromatic hydroxyl groups is 1. The number of anilines is 2. The van der Waals surface area contributed by atoms with Gasteiger partial charge in [-0.15, -0.1) is 10.2 Å². The zero-order chi connectivity index (χ0) is 25.4. The van der Waals surface area contributed by atoms with E-state index in [2.05, 4.69) is 29.4 Å². The Morgan fingerprint density at radius 1 is 1.03 bits per heavy atom. The van der Waals surface area contributed by atoms with Crippen molar-refractivity contribution in [2.24, 2.45) is 10.2 Å². The van der Waals surface area contributed by atoms with Gasteiger partial charge in [0.2, 0.25) is 5.17 Å². The lowest BCUT2D eigenvalue weighted by Crippen LogP contribution is -2.29. The molecule has 0 aromatic heterocycles. The molecule has 36 heavy (non-hydrogen) atoms. The molecule has 1 saturated heterocycles. The molecular weight excluding hydrogens is 479 g/mol. The van der Waals surface area contributed by atoms with Gasteiger partial charge in [0.25, 0.3) is 11.8 Å². The third kappa shape index (κ3) is 4.52. The highest BCUT2D eigenvalue weighted by Gasteiger charge is 2.35. The lowest BCUT2D eigenvalue weighted by molar-refractivity contribution is -0.113. The molecule has 3 aromatic carbocycles. The number of amides is 2. The van der Waals surface area contributed by atoms with E-state index in [1.165, 1.54) is 35.2 Å². The number of hydrogen-bond donors (Lipinski definition) is 2. The highest BCUT2D eigenvalue weighted by Crippen LogP contribution is 2.37. The molecule has 0 aliphatic carbocycles. The number of fused-ring (bicyclic) bond motifs is 1. The number of carbonyl (C=O) groups excluding carboxylic acids is 2. The fourth-order valence-electron chi connectivity index (χ4n) is 3.83. The van der Waals surface area contributed by atoms with Crippen LogP contribution in [0.3, 0.4) is 0 Å². The monoisotopic (exact) mass is 500 g/mol. The first kappa shape index (κ1) is 23.5. The summed E-state index contributed by atoms with van der Waals surface area (Å²) in [5.41, 5.74) is 3.13. The summed E-state index contributed by atoms with van der Waals surface area (Å²) in [6.07, 6.45) is 1.70. The van der Waals surface area contributed by atoms with Gasteiger partial charge in [-0.3, -0.25) is 14.5 Å². The van der Waals surface area contributed by atoms with Gasteiger partial charge < -0.3 is 10.4 Å². The van der Waals surface area contributed by atoms with Gasteiger partial charge in [-0.05, 0) is 77.3 Å². The molecule has 3 aromatic rings. The van der Waals surface area contributed by atoms with Crippen LogP contribution < -0.4 is 10.2 Å². The minimum absolute atomic E-state index is 0.0307. The number of hydrogen-bond acceptors (Lipinski definition) is 6. The molecule has 0 bridgehead atoms. The maximum absolute atomic E-state index is 13.8. The molecular formula is C27H21FN4O3S. The molecule has 1 fully saturated rings. The zero-order valence-corrected chi connectivity index (χ0v) is 20.2. The lowest BCUT2D eigenvalue weighted by atomic mass is 10.0. The van der Waals surface area contributed by atoms with E-state index >= 15 is 0 Å². The summed E-state index contributed by atoms with van der Waals surface area (Å²) in [6.45, 7) is 4.12. The Labute approximate surface area is 211 Å². The van der Waals surface area contributed by atoms with Gasteiger partial charge in [0.1, 0.15) is 11.6 Å². The van der Waals surface area contributed by atoms with Crippen molar-refractivity contribution in [2.45, 2.75) is 19.8 Å². The third-order valence-corrected chi connectivity index (χ3v) is 6.69. The van der Waals surface area contributed by atoms with Crippen molar-refractivity contribution in [1.29, 1.82) is 0 Å². The fraction of sp³-hybridized carbons (Fsp3) is 0.111. The Hall–Kier alpha value is -4.24. The van der Waals surface area contributed by atoms with Crippen LogP contribution in [0.1, 0.15) is 36.5 Å². The van der Waals surface area contributed by atoms with E-state index in [1.54, 1.807) is 18.2 Å². The average molecular weight is 501 g/mol. The summed E-state index contributed by atoms with van der Waals surface area (Å²) < 4.78 is 13.8. The molecule has 2 amide bonds.